The fourth-order valence-corrected chi connectivity index (χ4v) is 2.58. The van der Waals surface area contributed by atoms with Gasteiger partial charge in [-0.2, -0.15) is 0 Å². The first kappa shape index (κ1) is 9.60. The Morgan fingerprint density at radius 2 is 2.47 bits per heavy atom. The third-order valence-corrected chi connectivity index (χ3v) is 4.06. The number of rotatable bonds is 1. The van der Waals surface area contributed by atoms with Crippen molar-refractivity contribution in [2.75, 3.05) is 18.1 Å². The Morgan fingerprint density at radius 1 is 1.60 bits per heavy atom. The lowest BCUT2D eigenvalue weighted by Crippen LogP contribution is -2.37. The maximum absolute atomic E-state index is 5.58. The first-order chi connectivity index (χ1) is 7.24. The molecular formula is C11H13BrN2O. The second-order valence-corrected chi connectivity index (χ2v) is 5.14. The summed E-state index contributed by atoms with van der Waals surface area (Å²) in [7, 11) is 0. The summed E-state index contributed by atoms with van der Waals surface area (Å²) >= 11 is 3.47. The molecule has 0 N–H and O–H groups in total. The second-order valence-electron chi connectivity index (χ2n) is 4.29. The molecule has 1 aromatic rings. The number of fused-ring (bicyclic) bond motifs is 2. The van der Waals surface area contributed by atoms with E-state index in [9.17, 15) is 0 Å². The summed E-state index contributed by atoms with van der Waals surface area (Å²) < 4.78 is 6.65. The van der Waals surface area contributed by atoms with Crippen LogP contribution in [0.15, 0.2) is 16.7 Å². The van der Waals surface area contributed by atoms with Gasteiger partial charge in [-0.05, 0) is 40.9 Å². The molecule has 4 heteroatoms. The fraction of sp³-hybridized carbons (Fsp3) is 0.545. The lowest BCUT2D eigenvalue weighted by atomic mass is 10.2. The van der Waals surface area contributed by atoms with E-state index in [0.29, 0.717) is 12.1 Å². The zero-order valence-electron chi connectivity index (χ0n) is 8.61. The minimum atomic E-state index is 0.431. The monoisotopic (exact) mass is 268 g/mol. The number of aryl methyl sites for hydroxylation is 1. The molecule has 3 nitrogen and oxygen atoms in total. The van der Waals surface area contributed by atoms with Gasteiger partial charge >= 0.3 is 0 Å². The molecule has 2 atom stereocenters. The van der Waals surface area contributed by atoms with Crippen molar-refractivity contribution in [2.45, 2.75) is 25.5 Å². The fourth-order valence-electron chi connectivity index (χ4n) is 2.36. The van der Waals surface area contributed by atoms with Gasteiger partial charge in [0.25, 0.3) is 0 Å². The molecule has 0 amide bonds. The van der Waals surface area contributed by atoms with Crippen LogP contribution >= 0.6 is 15.9 Å². The van der Waals surface area contributed by atoms with E-state index in [1.165, 1.54) is 5.56 Å². The molecule has 2 fully saturated rings. The Morgan fingerprint density at radius 3 is 3.07 bits per heavy atom. The first-order valence-electron chi connectivity index (χ1n) is 5.24. The highest BCUT2D eigenvalue weighted by Crippen LogP contribution is 2.32. The third-order valence-electron chi connectivity index (χ3n) is 3.23. The molecule has 80 valence electrons. The number of hydrogen-bond donors (Lipinski definition) is 0. The van der Waals surface area contributed by atoms with E-state index in [4.69, 9.17) is 4.74 Å². The molecule has 2 unspecified atom stereocenters. The molecule has 0 spiro atoms. The number of anilines is 1. The van der Waals surface area contributed by atoms with Gasteiger partial charge in [-0.1, -0.05) is 0 Å². The molecule has 0 aliphatic carbocycles. The van der Waals surface area contributed by atoms with Crippen LogP contribution in [0.5, 0.6) is 0 Å². The second kappa shape index (κ2) is 3.46. The molecule has 0 saturated carbocycles. The number of nitrogens with zero attached hydrogens (tertiary/aromatic N) is 2. The van der Waals surface area contributed by atoms with Crippen LogP contribution in [0.2, 0.25) is 0 Å². The molecular weight excluding hydrogens is 256 g/mol. The van der Waals surface area contributed by atoms with Crippen LogP contribution in [0.4, 0.5) is 5.82 Å². The minimum Gasteiger partial charge on any atom is -0.374 e. The molecule has 3 heterocycles. The Hall–Kier alpha value is -0.610. The van der Waals surface area contributed by atoms with Crippen molar-refractivity contribution < 1.29 is 4.74 Å². The molecule has 15 heavy (non-hydrogen) atoms. The Kier molecular flexibility index (Phi) is 2.21. The van der Waals surface area contributed by atoms with Crippen molar-refractivity contribution >= 4 is 21.7 Å². The zero-order valence-corrected chi connectivity index (χ0v) is 10.2. The van der Waals surface area contributed by atoms with Gasteiger partial charge in [0.05, 0.1) is 18.8 Å². The van der Waals surface area contributed by atoms with E-state index in [1.54, 1.807) is 0 Å². The molecule has 2 bridgehead atoms. The van der Waals surface area contributed by atoms with Gasteiger partial charge in [-0.15, -0.1) is 0 Å². The maximum Gasteiger partial charge on any atom is 0.129 e. The van der Waals surface area contributed by atoms with Crippen LogP contribution in [-0.2, 0) is 4.74 Å². The van der Waals surface area contributed by atoms with Crippen LogP contribution in [0.25, 0.3) is 0 Å². The Labute approximate surface area is 97.6 Å². The molecule has 0 radical (unpaired) electrons. The highest BCUT2D eigenvalue weighted by Gasteiger charge is 2.39. The summed E-state index contributed by atoms with van der Waals surface area (Å²) in [5.41, 5.74) is 1.24. The highest BCUT2D eigenvalue weighted by atomic mass is 79.9. The summed E-state index contributed by atoms with van der Waals surface area (Å²) in [6.45, 7) is 3.96. The number of halogens is 1. The molecule has 2 aliphatic rings. The summed E-state index contributed by atoms with van der Waals surface area (Å²) in [6.07, 6.45) is 3.48. The Bertz CT molecular complexity index is 396. The van der Waals surface area contributed by atoms with E-state index in [-0.39, 0.29) is 0 Å². The topological polar surface area (TPSA) is 25.4 Å². The molecule has 2 saturated heterocycles. The van der Waals surface area contributed by atoms with Crippen LogP contribution in [0.3, 0.4) is 0 Å². The molecule has 1 aromatic heterocycles. The number of aromatic nitrogens is 1. The van der Waals surface area contributed by atoms with E-state index in [1.807, 2.05) is 6.20 Å². The van der Waals surface area contributed by atoms with Crippen molar-refractivity contribution in [3.05, 3.63) is 22.3 Å². The van der Waals surface area contributed by atoms with Crippen molar-refractivity contribution in [3.8, 4) is 0 Å². The van der Waals surface area contributed by atoms with Crippen LogP contribution in [0.1, 0.15) is 12.0 Å². The summed E-state index contributed by atoms with van der Waals surface area (Å²) in [4.78, 5) is 6.83. The van der Waals surface area contributed by atoms with Gasteiger partial charge in [0.2, 0.25) is 0 Å². The van der Waals surface area contributed by atoms with Gasteiger partial charge in [-0.25, -0.2) is 4.98 Å². The van der Waals surface area contributed by atoms with Gasteiger partial charge in [-0.3, -0.25) is 0 Å². The van der Waals surface area contributed by atoms with Gasteiger partial charge < -0.3 is 9.64 Å². The van der Waals surface area contributed by atoms with E-state index in [0.717, 1.165) is 29.9 Å². The predicted octanol–water partition coefficient (Wildman–Crippen LogP) is 2.13. The highest BCUT2D eigenvalue weighted by molar-refractivity contribution is 9.10. The predicted molar refractivity (Wildman–Crippen MR) is 62.2 cm³/mol. The SMILES string of the molecule is Cc1cc(N2CC3CC2CO3)ncc1Br. The van der Waals surface area contributed by atoms with Crippen molar-refractivity contribution in [1.29, 1.82) is 0 Å². The van der Waals surface area contributed by atoms with Crippen LogP contribution < -0.4 is 4.90 Å². The third kappa shape index (κ3) is 1.56. The summed E-state index contributed by atoms with van der Waals surface area (Å²) in [5.74, 6) is 1.09. The van der Waals surface area contributed by atoms with Crippen molar-refractivity contribution in [1.82, 2.24) is 4.98 Å². The van der Waals surface area contributed by atoms with Gasteiger partial charge in [0.1, 0.15) is 5.82 Å². The molecule has 2 aliphatic heterocycles. The number of hydrogen-bond acceptors (Lipinski definition) is 3. The largest absolute Gasteiger partial charge is 0.374 e. The average molecular weight is 269 g/mol. The maximum atomic E-state index is 5.58. The summed E-state index contributed by atoms with van der Waals surface area (Å²) in [6, 6.07) is 2.69. The quantitative estimate of drug-likeness (QED) is 0.781. The van der Waals surface area contributed by atoms with Gasteiger partial charge in [0.15, 0.2) is 0 Å². The van der Waals surface area contributed by atoms with Crippen molar-refractivity contribution in [3.63, 3.8) is 0 Å². The number of morpholine rings is 1. The number of pyridine rings is 1. The van der Waals surface area contributed by atoms with Crippen molar-refractivity contribution in [2.24, 2.45) is 0 Å². The van der Waals surface area contributed by atoms with E-state index >= 15 is 0 Å². The van der Waals surface area contributed by atoms with Crippen LogP contribution in [0, 0.1) is 6.92 Å². The molecule has 0 aromatic carbocycles. The summed E-state index contributed by atoms with van der Waals surface area (Å²) in [5, 5.41) is 0. The lowest BCUT2D eigenvalue weighted by molar-refractivity contribution is 0.0989. The minimum absolute atomic E-state index is 0.431. The molecule has 3 rings (SSSR count). The van der Waals surface area contributed by atoms with Crippen LogP contribution in [-0.4, -0.2) is 30.3 Å². The first-order valence-corrected chi connectivity index (χ1v) is 6.04. The smallest absolute Gasteiger partial charge is 0.129 e. The van der Waals surface area contributed by atoms with E-state index < -0.39 is 0 Å². The standard InChI is InChI=1S/C11H13BrN2O/c1-7-2-11(13-4-10(7)12)14-5-9-3-8(14)6-15-9/h2,4,8-9H,3,5-6H2,1H3. The average Bonchev–Trinajstić information content (AvgIpc) is 2.83. The Balaban J connectivity index is 1.90. The lowest BCUT2D eigenvalue weighted by Gasteiger charge is -2.28. The van der Waals surface area contributed by atoms with Gasteiger partial charge in [0, 0.05) is 17.2 Å². The zero-order chi connectivity index (χ0) is 10.4. The number of ether oxygens (including phenoxy) is 1. The van der Waals surface area contributed by atoms with E-state index in [2.05, 4.69) is 38.8 Å². The normalized spacial score (nSPS) is 28.8.